The number of benzene rings is 1. The van der Waals surface area contributed by atoms with Crippen LogP contribution in [0.3, 0.4) is 0 Å². The summed E-state index contributed by atoms with van der Waals surface area (Å²) < 4.78 is 1.14. The van der Waals surface area contributed by atoms with E-state index in [1.165, 1.54) is 11.1 Å². The van der Waals surface area contributed by atoms with Crippen LogP contribution in [0.25, 0.3) is 5.70 Å². The van der Waals surface area contributed by atoms with Crippen LogP contribution in [0.5, 0.6) is 0 Å². The van der Waals surface area contributed by atoms with Crippen molar-refractivity contribution in [1.82, 2.24) is 4.90 Å². The molecule has 1 aromatic rings. The first kappa shape index (κ1) is 15.1. The first-order valence-corrected chi connectivity index (χ1v) is 6.16. The number of hydrogen-bond donors (Lipinski definition) is 0. The van der Waals surface area contributed by atoms with Gasteiger partial charge in [-0.05, 0) is 12.6 Å². The van der Waals surface area contributed by atoms with E-state index >= 15 is 0 Å². The molecule has 1 aliphatic heterocycles. The Labute approximate surface area is 142 Å². The van der Waals surface area contributed by atoms with Crippen molar-refractivity contribution in [3.63, 3.8) is 0 Å². The monoisotopic (exact) mass is 411 g/mol. The molecule has 3 heteroatoms. The van der Waals surface area contributed by atoms with Crippen LogP contribution < -0.4 is 0 Å². The zero-order valence-corrected chi connectivity index (χ0v) is 15.0. The molecule has 0 aliphatic carbocycles. The molecule has 0 bridgehead atoms. The fraction of sp³-hybridized carbons (Fsp3) is 0.143. The number of allylic oxidation sites excluding steroid dienone is 3. The molecule has 0 unspecified atom stereocenters. The van der Waals surface area contributed by atoms with Crippen LogP contribution in [-0.2, 0) is 32.7 Å². The van der Waals surface area contributed by atoms with Gasteiger partial charge < -0.3 is 4.90 Å². The summed E-state index contributed by atoms with van der Waals surface area (Å²) in [6.45, 7) is 6.15. The van der Waals surface area contributed by atoms with Crippen molar-refractivity contribution < 1.29 is 32.7 Å². The van der Waals surface area contributed by atoms with E-state index in [-0.39, 0.29) is 32.7 Å². The fourth-order valence-corrected chi connectivity index (χ4v) is 2.11. The summed E-state index contributed by atoms with van der Waals surface area (Å²) in [4.78, 5) is 2.08. The van der Waals surface area contributed by atoms with Crippen molar-refractivity contribution in [1.29, 1.82) is 0 Å². The second-order valence-electron chi connectivity index (χ2n) is 3.86. The molecule has 1 heterocycles. The molecule has 0 amide bonds. The summed E-state index contributed by atoms with van der Waals surface area (Å²) in [5.41, 5.74) is 4.54. The van der Waals surface area contributed by atoms with E-state index in [0.29, 0.717) is 0 Å². The third-order valence-corrected chi connectivity index (χ3v) is 3.61. The molecule has 0 saturated carbocycles. The van der Waals surface area contributed by atoms with Gasteiger partial charge >= 0.3 is 0 Å². The maximum absolute atomic E-state index is 4.06. The van der Waals surface area contributed by atoms with Gasteiger partial charge in [0.1, 0.15) is 0 Å². The minimum absolute atomic E-state index is 0. The predicted molar refractivity (Wildman–Crippen MR) is 76.8 cm³/mol. The van der Waals surface area contributed by atoms with Crippen LogP contribution in [0.15, 0.2) is 46.2 Å². The number of likely N-dealkylation sites (N-methyl/N-ethyl adjacent to an activating group) is 1. The van der Waals surface area contributed by atoms with Crippen molar-refractivity contribution in [2.75, 3.05) is 7.05 Å². The van der Waals surface area contributed by atoms with Crippen LogP contribution in [0.1, 0.15) is 11.1 Å². The van der Waals surface area contributed by atoms with E-state index in [9.17, 15) is 0 Å². The molecule has 0 fully saturated rings. The average molecular weight is 411 g/mol. The van der Waals surface area contributed by atoms with Crippen molar-refractivity contribution in [3.05, 3.63) is 63.4 Å². The van der Waals surface area contributed by atoms with Gasteiger partial charge in [-0.2, -0.15) is 12.2 Å². The van der Waals surface area contributed by atoms with Gasteiger partial charge in [0.25, 0.3) is 0 Å². The molecule has 1 aliphatic rings. The SMILES string of the molecule is C=C1C(I)=C[C-]=C(c2ccc(C)cc2)N1C.[Y]. The van der Waals surface area contributed by atoms with Gasteiger partial charge in [-0.3, -0.25) is 0 Å². The molecule has 1 radical (unpaired) electrons. The Hall–Kier alpha value is 0.0739. The normalized spacial score (nSPS) is 15.0. The van der Waals surface area contributed by atoms with Gasteiger partial charge in [0.15, 0.2) is 0 Å². The summed E-state index contributed by atoms with van der Waals surface area (Å²) in [6.07, 6.45) is 5.28. The van der Waals surface area contributed by atoms with Gasteiger partial charge in [0, 0.05) is 39.8 Å². The number of nitrogens with zero attached hydrogens (tertiary/aromatic N) is 1. The topological polar surface area (TPSA) is 3.24 Å². The average Bonchev–Trinajstić information content (AvgIpc) is 2.28. The van der Waals surface area contributed by atoms with E-state index in [4.69, 9.17) is 0 Å². The Morgan fingerprint density at radius 3 is 2.41 bits per heavy atom. The Kier molecular flexibility index (Phi) is 5.61. The van der Waals surface area contributed by atoms with Crippen LogP contribution in [-0.4, -0.2) is 11.9 Å². The molecule has 0 N–H and O–H groups in total. The molecular formula is C14H13INY-. The van der Waals surface area contributed by atoms with Gasteiger partial charge in [0.2, 0.25) is 0 Å². The van der Waals surface area contributed by atoms with Crippen molar-refractivity contribution in [3.8, 4) is 0 Å². The first-order valence-electron chi connectivity index (χ1n) is 5.09. The summed E-state index contributed by atoms with van der Waals surface area (Å²) in [7, 11) is 2.02. The van der Waals surface area contributed by atoms with Crippen molar-refractivity contribution in [2.24, 2.45) is 0 Å². The number of rotatable bonds is 1. The summed E-state index contributed by atoms with van der Waals surface area (Å²) >= 11 is 2.28. The second-order valence-corrected chi connectivity index (χ2v) is 5.02. The van der Waals surface area contributed by atoms with Crippen LogP contribution in [0.2, 0.25) is 0 Å². The van der Waals surface area contributed by atoms with Crippen molar-refractivity contribution in [2.45, 2.75) is 6.92 Å². The molecule has 17 heavy (non-hydrogen) atoms. The van der Waals surface area contributed by atoms with Crippen molar-refractivity contribution >= 4 is 28.3 Å². The van der Waals surface area contributed by atoms with Gasteiger partial charge in [-0.15, -0.1) is 34.7 Å². The van der Waals surface area contributed by atoms with E-state index in [2.05, 4.69) is 71.3 Å². The predicted octanol–water partition coefficient (Wildman–Crippen LogP) is 3.91. The molecule has 1 aromatic carbocycles. The zero-order chi connectivity index (χ0) is 11.7. The molecule has 0 spiro atoms. The Bertz CT molecular complexity index is 485. The summed E-state index contributed by atoms with van der Waals surface area (Å²) in [5.74, 6) is 0. The molecule has 2 rings (SSSR count). The largest absolute Gasteiger partial charge is 0.378 e. The van der Waals surface area contributed by atoms with Crippen LogP contribution in [0.4, 0.5) is 0 Å². The quantitative estimate of drug-likeness (QED) is 0.501. The fourth-order valence-electron chi connectivity index (χ4n) is 1.60. The molecule has 0 aromatic heterocycles. The molecule has 0 atom stereocenters. The standard InChI is InChI=1S/C14H13IN.Y/c1-10-4-6-12(7-5-10)14-9-8-13(15)11(2)16(14)3;/h4-8H,2H2,1,3H3;/q-1;. The molecule has 0 saturated heterocycles. The van der Waals surface area contributed by atoms with Gasteiger partial charge in [-0.25, -0.2) is 0 Å². The number of hydrogen-bond acceptors (Lipinski definition) is 1. The minimum atomic E-state index is 0. The van der Waals surface area contributed by atoms with Crippen LogP contribution in [0, 0.1) is 13.0 Å². The van der Waals surface area contributed by atoms with E-state index in [1.807, 2.05) is 13.1 Å². The van der Waals surface area contributed by atoms with E-state index in [1.54, 1.807) is 0 Å². The van der Waals surface area contributed by atoms with Crippen LogP contribution >= 0.6 is 22.6 Å². The van der Waals surface area contributed by atoms with E-state index < -0.39 is 0 Å². The molecule has 1 nitrogen and oxygen atoms in total. The summed E-state index contributed by atoms with van der Waals surface area (Å²) in [5, 5.41) is 0. The van der Waals surface area contributed by atoms with Gasteiger partial charge in [0.05, 0.1) is 0 Å². The second kappa shape index (κ2) is 6.30. The Balaban J connectivity index is 0.00000144. The third kappa shape index (κ3) is 3.30. The maximum atomic E-state index is 4.06. The maximum Gasteiger partial charge on any atom is 0.00849 e. The summed E-state index contributed by atoms with van der Waals surface area (Å²) in [6, 6.07) is 8.47. The first-order chi connectivity index (χ1) is 7.59. The third-order valence-electron chi connectivity index (χ3n) is 2.68. The zero-order valence-electron chi connectivity index (χ0n) is 10.00. The smallest absolute Gasteiger partial charge is 0.00849 e. The number of halogens is 1. The van der Waals surface area contributed by atoms with E-state index in [0.717, 1.165) is 15.0 Å². The molecular weight excluding hydrogens is 398 g/mol. The van der Waals surface area contributed by atoms with Gasteiger partial charge in [-0.1, -0.05) is 39.1 Å². The Morgan fingerprint density at radius 2 is 1.82 bits per heavy atom. The minimum Gasteiger partial charge on any atom is -0.378 e. The molecule has 85 valence electrons. The Morgan fingerprint density at radius 1 is 1.24 bits per heavy atom. The number of aryl methyl sites for hydroxylation is 1.